The topological polar surface area (TPSA) is 16.4 Å². The molecule has 0 saturated heterocycles. The third kappa shape index (κ3) is 4.55. The second-order valence-corrected chi connectivity index (χ2v) is 13.6. The molecule has 0 aliphatic heterocycles. The zero-order chi connectivity index (χ0) is 32.3. The van der Waals surface area contributed by atoms with Gasteiger partial charge in [-0.15, -0.1) is 11.3 Å². The lowest BCUT2D eigenvalue weighted by Crippen LogP contribution is -2.12. The van der Waals surface area contributed by atoms with E-state index in [1.54, 1.807) is 0 Å². The van der Waals surface area contributed by atoms with Crippen molar-refractivity contribution in [3.8, 4) is 22.3 Å². The Morgan fingerprint density at radius 3 is 2.00 bits per heavy atom. The van der Waals surface area contributed by atoms with Crippen molar-refractivity contribution in [3.05, 3.63) is 176 Å². The van der Waals surface area contributed by atoms with Crippen LogP contribution in [0.25, 0.3) is 75.1 Å². The maximum Gasteiger partial charge on any atom is 0.160 e. The third-order valence-electron chi connectivity index (χ3n) is 9.67. The number of thiophene rings is 1. The van der Waals surface area contributed by atoms with Gasteiger partial charge in [-0.05, 0) is 70.6 Å². The normalized spacial score (nSPS) is 11.7. The van der Waals surface area contributed by atoms with Gasteiger partial charge in [-0.1, -0.05) is 127 Å². The van der Waals surface area contributed by atoms with Crippen molar-refractivity contribution in [2.45, 2.75) is 0 Å². The lowest BCUT2D eigenvalue weighted by molar-refractivity contribution is 0.669. The van der Waals surface area contributed by atoms with E-state index < -0.39 is 0 Å². The van der Waals surface area contributed by atoms with Gasteiger partial charge in [-0.3, -0.25) is 0 Å². The van der Waals surface area contributed by atoms with Crippen LogP contribution in [0.5, 0.6) is 0 Å². The lowest BCUT2D eigenvalue weighted by Gasteiger charge is -2.29. The predicted molar refractivity (Wildman–Crippen MR) is 210 cm³/mol. The van der Waals surface area contributed by atoms with Crippen molar-refractivity contribution >= 4 is 81.3 Å². The highest BCUT2D eigenvalue weighted by molar-refractivity contribution is 7.25. The smallest absolute Gasteiger partial charge is 0.160 e. The number of hydrogen-bond acceptors (Lipinski definition) is 3. The van der Waals surface area contributed by atoms with Crippen molar-refractivity contribution < 1.29 is 4.42 Å². The van der Waals surface area contributed by atoms with Crippen LogP contribution in [0.1, 0.15) is 0 Å². The summed E-state index contributed by atoms with van der Waals surface area (Å²) in [5, 5.41) is 7.21. The van der Waals surface area contributed by atoms with Gasteiger partial charge in [0, 0.05) is 47.6 Å². The first-order valence-corrected chi connectivity index (χ1v) is 17.4. The average Bonchev–Trinajstić information content (AvgIpc) is 3.74. The van der Waals surface area contributed by atoms with Crippen LogP contribution in [0, 0.1) is 0 Å². The Morgan fingerprint density at radius 1 is 0.429 bits per heavy atom. The summed E-state index contributed by atoms with van der Waals surface area (Å²) < 4.78 is 9.44. The van der Waals surface area contributed by atoms with Crippen LogP contribution >= 0.6 is 11.3 Å². The first-order chi connectivity index (χ1) is 24.3. The molecule has 0 saturated carbocycles. The van der Waals surface area contributed by atoms with Crippen LogP contribution in [0.15, 0.2) is 180 Å². The van der Waals surface area contributed by atoms with Gasteiger partial charge >= 0.3 is 0 Å². The molecule has 0 bridgehead atoms. The van der Waals surface area contributed by atoms with E-state index in [-0.39, 0.29) is 0 Å². The molecule has 0 amide bonds. The van der Waals surface area contributed by atoms with E-state index in [2.05, 4.69) is 175 Å². The fraction of sp³-hybridized carbons (Fsp3) is 0. The molecule has 10 rings (SSSR count). The number of rotatable bonds is 5. The monoisotopic (exact) mass is 643 g/mol. The van der Waals surface area contributed by atoms with Gasteiger partial charge in [-0.25, -0.2) is 0 Å². The molecule has 2 aromatic heterocycles. The molecule has 0 spiro atoms. The van der Waals surface area contributed by atoms with E-state index in [0.717, 1.165) is 50.1 Å². The zero-order valence-corrected chi connectivity index (χ0v) is 27.3. The number of nitrogens with zero attached hydrogens (tertiary/aromatic N) is 1. The quantitative estimate of drug-likeness (QED) is 0.186. The van der Waals surface area contributed by atoms with E-state index in [4.69, 9.17) is 4.42 Å². The highest BCUT2D eigenvalue weighted by Crippen LogP contribution is 2.49. The summed E-state index contributed by atoms with van der Waals surface area (Å²) >= 11 is 1.85. The van der Waals surface area contributed by atoms with Gasteiger partial charge in [0.25, 0.3) is 0 Å². The van der Waals surface area contributed by atoms with Crippen LogP contribution < -0.4 is 4.90 Å². The van der Waals surface area contributed by atoms with Gasteiger partial charge in [0.05, 0.1) is 11.4 Å². The van der Waals surface area contributed by atoms with Gasteiger partial charge in [0.15, 0.2) is 5.58 Å². The first-order valence-electron chi connectivity index (χ1n) is 16.6. The molecular weight excluding hydrogens is 615 g/mol. The lowest BCUT2D eigenvalue weighted by atomic mass is 9.97. The van der Waals surface area contributed by atoms with Crippen molar-refractivity contribution in [1.29, 1.82) is 0 Å². The zero-order valence-electron chi connectivity index (χ0n) is 26.5. The Balaban J connectivity index is 1.22. The molecule has 49 heavy (non-hydrogen) atoms. The van der Waals surface area contributed by atoms with Crippen molar-refractivity contribution in [3.63, 3.8) is 0 Å². The molecule has 0 radical (unpaired) electrons. The second kappa shape index (κ2) is 11.2. The molecule has 2 nitrogen and oxygen atoms in total. The van der Waals surface area contributed by atoms with Crippen molar-refractivity contribution in [2.75, 3.05) is 4.90 Å². The molecule has 8 aromatic carbocycles. The Hall–Kier alpha value is -6.16. The summed E-state index contributed by atoms with van der Waals surface area (Å²) in [5.41, 5.74) is 9.58. The molecule has 3 heteroatoms. The first kappa shape index (κ1) is 27.9. The van der Waals surface area contributed by atoms with Crippen LogP contribution in [-0.2, 0) is 0 Å². The Kier molecular flexibility index (Phi) is 6.39. The molecular formula is C46H29NOS. The number of benzene rings is 8. The highest BCUT2D eigenvalue weighted by Gasteiger charge is 2.25. The minimum atomic E-state index is 0.870. The van der Waals surface area contributed by atoms with Gasteiger partial charge in [-0.2, -0.15) is 0 Å². The number of anilines is 3. The molecule has 0 aliphatic rings. The fourth-order valence-electron chi connectivity index (χ4n) is 7.35. The van der Waals surface area contributed by atoms with Crippen LogP contribution in [0.3, 0.4) is 0 Å². The van der Waals surface area contributed by atoms with Crippen LogP contribution in [-0.4, -0.2) is 0 Å². The van der Waals surface area contributed by atoms with E-state index in [1.165, 1.54) is 42.1 Å². The second-order valence-electron chi connectivity index (χ2n) is 12.5. The predicted octanol–water partition coefficient (Wildman–Crippen LogP) is 13.9. The van der Waals surface area contributed by atoms with E-state index in [1.807, 2.05) is 17.4 Å². The molecule has 0 fully saturated rings. The average molecular weight is 644 g/mol. The number of hydrogen-bond donors (Lipinski definition) is 0. The number of fused-ring (bicyclic) bond motifs is 7. The minimum absolute atomic E-state index is 0.870. The van der Waals surface area contributed by atoms with Gasteiger partial charge < -0.3 is 9.32 Å². The highest BCUT2D eigenvalue weighted by atomic mass is 32.1. The summed E-state index contributed by atoms with van der Waals surface area (Å²) in [6, 6.07) is 63.2. The summed E-state index contributed by atoms with van der Waals surface area (Å²) in [4.78, 5) is 2.40. The van der Waals surface area contributed by atoms with E-state index in [0.29, 0.717) is 0 Å². The van der Waals surface area contributed by atoms with Crippen LogP contribution in [0.4, 0.5) is 17.1 Å². The molecule has 10 aromatic rings. The van der Waals surface area contributed by atoms with Gasteiger partial charge in [0.2, 0.25) is 0 Å². The standard InChI is InChI=1S/C46H29NOS/c1-2-11-32(12-3-1)36-26-27-39-37-16-6-8-19-42(37)48-46(39)45(36)47(41-18-10-14-31-13-4-5-15-35(31)41)34-24-21-30(22-25-34)33-23-28-44-40(29-33)38-17-7-9-20-43(38)49-44/h1-29H. The molecule has 0 N–H and O–H groups in total. The molecule has 0 unspecified atom stereocenters. The fourth-order valence-corrected chi connectivity index (χ4v) is 8.43. The summed E-state index contributed by atoms with van der Waals surface area (Å²) in [6.45, 7) is 0. The van der Waals surface area contributed by atoms with Crippen molar-refractivity contribution in [2.24, 2.45) is 0 Å². The van der Waals surface area contributed by atoms with Crippen molar-refractivity contribution in [1.82, 2.24) is 0 Å². The maximum atomic E-state index is 6.80. The molecule has 2 heterocycles. The summed E-state index contributed by atoms with van der Waals surface area (Å²) in [7, 11) is 0. The Morgan fingerprint density at radius 2 is 1.12 bits per heavy atom. The Labute approximate surface area is 287 Å². The summed E-state index contributed by atoms with van der Waals surface area (Å²) in [5.74, 6) is 0. The SMILES string of the molecule is c1ccc(-c2ccc3c(oc4ccccc43)c2N(c2ccc(-c3ccc4sc5ccccc5c4c3)cc2)c2cccc3ccccc23)cc1. The largest absolute Gasteiger partial charge is 0.454 e. The number of furan rings is 1. The molecule has 0 aliphatic carbocycles. The maximum absolute atomic E-state index is 6.80. The van der Waals surface area contributed by atoms with E-state index >= 15 is 0 Å². The number of para-hydroxylation sites is 1. The Bertz CT molecular complexity index is 2820. The summed E-state index contributed by atoms with van der Waals surface area (Å²) in [6.07, 6.45) is 0. The third-order valence-corrected chi connectivity index (χ3v) is 10.8. The van der Waals surface area contributed by atoms with Crippen LogP contribution in [0.2, 0.25) is 0 Å². The molecule has 0 atom stereocenters. The van der Waals surface area contributed by atoms with Gasteiger partial charge in [0.1, 0.15) is 5.58 Å². The van der Waals surface area contributed by atoms with E-state index in [9.17, 15) is 0 Å². The molecule has 230 valence electrons. The minimum Gasteiger partial charge on any atom is -0.454 e.